The van der Waals surface area contributed by atoms with Crippen LogP contribution in [0.1, 0.15) is 0 Å². The highest BCUT2D eigenvalue weighted by atomic mass is 32.2. The van der Waals surface area contributed by atoms with Gasteiger partial charge in [-0.25, -0.2) is 12.7 Å². The number of phenols is 1. The Morgan fingerprint density at radius 2 is 1.57 bits per heavy atom. The zero-order valence-electron chi connectivity index (χ0n) is 12.1. The van der Waals surface area contributed by atoms with Crippen LogP contribution >= 0.6 is 0 Å². The minimum atomic E-state index is -3.43. The van der Waals surface area contributed by atoms with E-state index in [1.54, 1.807) is 42.5 Å². The summed E-state index contributed by atoms with van der Waals surface area (Å²) in [6.45, 7) is 0. The van der Waals surface area contributed by atoms with Crippen LogP contribution in [0.4, 0.5) is 0 Å². The monoisotopic (exact) mass is 307 g/mol. The van der Waals surface area contributed by atoms with E-state index in [1.165, 1.54) is 25.5 Å². The third kappa shape index (κ3) is 3.01. The summed E-state index contributed by atoms with van der Waals surface area (Å²) in [5.41, 5.74) is 1.67. The second-order valence-electron chi connectivity index (χ2n) is 4.70. The number of aromatic hydroxyl groups is 1. The van der Waals surface area contributed by atoms with Crippen molar-refractivity contribution in [2.75, 3.05) is 21.2 Å². The molecule has 0 unspecified atom stereocenters. The highest BCUT2D eigenvalue weighted by molar-refractivity contribution is 7.89. The Hall–Kier alpha value is -2.05. The molecule has 0 amide bonds. The first kappa shape index (κ1) is 15.3. The van der Waals surface area contributed by atoms with Gasteiger partial charge in [-0.2, -0.15) is 0 Å². The molecule has 0 aromatic heterocycles. The summed E-state index contributed by atoms with van der Waals surface area (Å²) in [7, 11) is 1.04. The Balaban J connectivity index is 2.40. The summed E-state index contributed by atoms with van der Waals surface area (Å²) >= 11 is 0. The average molecular weight is 307 g/mol. The van der Waals surface area contributed by atoms with E-state index in [2.05, 4.69) is 0 Å². The van der Waals surface area contributed by atoms with Gasteiger partial charge < -0.3 is 9.84 Å². The number of sulfonamides is 1. The Labute approximate surface area is 124 Å². The van der Waals surface area contributed by atoms with E-state index in [-0.39, 0.29) is 10.6 Å². The second-order valence-corrected chi connectivity index (χ2v) is 6.85. The Bertz CT molecular complexity index is 737. The van der Waals surface area contributed by atoms with Gasteiger partial charge in [-0.05, 0) is 35.4 Å². The van der Waals surface area contributed by atoms with Crippen LogP contribution in [0, 0.1) is 0 Å². The van der Waals surface area contributed by atoms with Crippen LogP contribution in [0.2, 0.25) is 0 Å². The standard InChI is InChI=1S/C15H17NO4S/c1-16(2)21(18,19)13-7-4-11(5-8-13)12-6-9-14(17)15(10-12)20-3/h4-10,17H,1-3H3. The molecule has 0 aliphatic heterocycles. The fraction of sp³-hybridized carbons (Fsp3) is 0.200. The van der Waals surface area contributed by atoms with Crippen LogP contribution in [0.25, 0.3) is 11.1 Å². The van der Waals surface area contributed by atoms with Crippen LogP contribution in [0.15, 0.2) is 47.4 Å². The summed E-state index contributed by atoms with van der Waals surface area (Å²) in [5, 5.41) is 9.58. The lowest BCUT2D eigenvalue weighted by Crippen LogP contribution is -2.22. The summed E-state index contributed by atoms with van der Waals surface area (Å²) in [6.07, 6.45) is 0. The molecule has 0 radical (unpaired) electrons. The van der Waals surface area contributed by atoms with E-state index in [9.17, 15) is 13.5 Å². The van der Waals surface area contributed by atoms with Crippen molar-refractivity contribution < 1.29 is 18.3 Å². The van der Waals surface area contributed by atoms with Gasteiger partial charge in [0.2, 0.25) is 10.0 Å². The van der Waals surface area contributed by atoms with E-state index >= 15 is 0 Å². The van der Waals surface area contributed by atoms with Crippen molar-refractivity contribution in [1.29, 1.82) is 0 Å². The largest absolute Gasteiger partial charge is 0.504 e. The van der Waals surface area contributed by atoms with Gasteiger partial charge in [0.05, 0.1) is 12.0 Å². The third-order valence-electron chi connectivity index (χ3n) is 3.15. The van der Waals surface area contributed by atoms with Crippen LogP contribution < -0.4 is 4.74 Å². The summed E-state index contributed by atoms with van der Waals surface area (Å²) in [6, 6.07) is 11.6. The lowest BCUT2D eigenvalue weighted by atomic mass is 10.1. The zero-order chi connectivity index (χ0) is 15.6. The van der Waals surface area contributed by atoms with Crippen molar-refractivity contribution in [3.63, 3.8) is 0 Å². The van der Waals surface area contributed by atoms with Crippen LogP contribution in [0.5, 0.6) is 11.5 Å². The molecular formula is C15H17NO4S. The molecule has 6 heteroatoms. The lowest BCUT2D eigenvalue weighted by molar-refractivity contribution is 0.373. The van der Waals surface area contributed by atoms with Gasteiger partial charge in [0.25, 0.3) is 0 Å². The number of ether oxygens (including phenoxy) is 1. The van der Waals surface area contributed by atoms with Crippen molar-refractivity contribution in [3.8, 4) is 22.6 Å². The SMILES string of the molecule is COc1cc(-c2ccc(S(=O)(=O)N(C)C)cc2)ccc1O. The number of hydrogen-bond donors (Lipinski definition) is 1. The van der Waals surface area contributed by atoms with Gasteiger partial charge in [-0.1, -0.05) is 18.2 Å². The molecule has 21 heavy (non-hydrogen) atoms. The summed E-state index contributed by atoms with van der Waals surface area (Å²) < 4.78 is 30.2. The maximum Gasteiger partial charge on any atom is 0.242 e. The van der Waals surface area contributed by atoms with Crippen molar-refractivity contribution in [2.24, 2.45) is 0 Å². The molecule has 0 aliphatic rings. The third-order valence-corrected chi connectivity index (χ3v) is 4.98. The molecule has 0 heterocycles. The summed E-state index contributed by atoms with van der Waals surface area (Å²) in [4.78, 5) is 0.238. The molecule has 2 rings (SSSR count). The number of phenolic OH excluding ortho intramolecular Hbond substituents is 1. The molecule has 1 N–H and O–H groups in total. The smallest absolute Gasteiger partial charge is 0.242 e. The van der Waals surface area contributed by atoms with E-state index in [1.807, 2.05) is 0 Å². The molecule has 0 saturated heterocycles. The lowest BCUT2D eigenvalue weighted by Gasteiger charge is -2.12. The Morgan fingerprint density at radius 3 is 2.10 bits per heavy atom. The predicted octanol–water partition coefficient (Wildman–Crippen LogP) is 2.32. The highest BCUT2D eigenvalue weighted by Gasteiger charge is 2.16. The molecule has 0 atom stereocenters. The topological polar surface area (TPSA) is 66.8 Å². The number of methoxy groups -OCH3 is 1. The fourth-order valence-electron chi connectivity index (χ4n) is 1.89. The number of nitrogens with zero attached hydrogens (tertiary/aromatic N) is 1. The quantitative estimate of drug-likeness (QED) is 0.941. The Kier molecular flexibility index (Phi) is 4.20. The zero-order valence-corrected chi connectivity index (χ0v) is 12.9. The second kappa shape index (κ2) is 5.75. The van der Waals surface area contributed by atoms with Gasteiger partial charge >= 0.3 is 0 Å². The van der Waals surface area contributed by atoms with Gasteiger partial charge in [-0.15, -0.1) is 0 Å². The maximum absolute atomic E-state index is 12.0. The molecule has 0 saturated carbocycles. The van der Waals surface area contributed by atoms with Crippen LogP contribution in [-0.2, 0) is 10.0 Å². The highest BCUT2D eigenvalue weighted by Crippen LogP contribution is 2.31. The van der Waals surface area contributed by atoms with Gasteiger partial charge in [0.15, 0.2) is 11.5 Å². The first-order chi connectivity index (χ1) is 9.86. The van der Waals surface area contributed by atoms with E-state index in [0.29, 0.717) is 5.75 Å². The molecule has 0 spiro atoms. The first-order valence-corrected chi connectivity index (χ1v) is 7.70. The molecule has 112 valence electrons. The molecule has 0 fully saturated rings. The normalized spacial score (nSPS) is 11.6. The summed E-state index contributed by atoms with van der Waals surface area (Å²) in [5.74, 6) is 0.436. The first-order valence-electron chi connectivity index (χ1n) is 6.26. The molecule has 0 aliphatic carbocycles. The van der Waals surface area contributed by atoms with Gasteiger partial charge in [0, 0.05) is 14.1 Å². The molecule has 2 aromatic rings. The molecule has 2 aromatic carbocycles. The minimum Gasteiger partial charge on any atom is -0.504 e. The molecular weight excluding hydrogens is 290 g/mol. The number of benzene rings is 2. The van der Waals surface area contributed by atoms with Gasteiger partial charge in [0.1, 0.15) is 0 Å². The van der Waals surface area contributed by atoms with E-state index in [4.69, 9.17) is 4.74 Å². The van der Waals surface area contributed by atoms with Crippen molar-refractivity contribution >= 4 is 10.0 Å². The molecule has 0 bridgehead atoms. The van der Waals surface area contributed by atoms with Crippen molar-refractivity contribution in [2.45, 2.75) is 4.90 Å². The van der Waals surface area contributed by atoms with Crippen molar-refractivity contribution in [1.82, 2.24) is 4.31 Å². The minimum absolute atomic E-state index is 0.0630. The molecule has 5 nitrogen and oxygen atoms in total. The Morgan fingerprint density at radius 1 is 1.00 bits per heavy atom. The van der Waals surface area contributed by atoms with Crippen molar-refractivity contribution in [3.05, 3.63) is 42.5 Å². The average Bonchev–Trinajstić information content (AvgIpc) is 2.47. The fourth-order valence-corrected chi connectivity index (χ4v) is 2.79. The van der Waals surface area contributed by atoms with Crippen LogP contribution in [0.3, 0.4) is 0 Å². The maximum atomic E-state index is 12.0. The van der Waals surface area contributed by atoms with E-state index < -0.39 is 10.0 Å². The van der Waals surface area contributed by atoms with Gasteiger partial charge in [-0.3, -0.25) is 0 Å². The number of rotatable bonds is 4. The predicted molar refractivity (Wildman–Crippen MR) is 81.0 cm³/mol. The van der Waals surface area contributed by atoms with E-state index in [0.717, 1.165) is 11.1 Å². The van der Waals surface area contributed by atoms with Crippen LogP contribution in [-0.4, -0.2) is 39.0 Å². The number of hydrogen-bond acceptors (Lipinski definition) is 4.